The number of rotatable bonds is 3. The van der Waals surface area contributed by atoms with E-state index in [0.29, 0.717) is 18.0 Å². The summed E-state index contributed by atoms with van der Waals surface area (Å²) in [6, 6.07) is 12.9. The molecule has 3 aromatic rings. The maximum absolute atomic E-state index is 14.7. The lowest BCUT2D eigenvalue weighted by atomic mass is 9.98. The topological polar surface area (TPSA) is 47.4 Å². The second-order valence-electron chi connectivity index (χ2n) is 6.64. The molecule has 1 aliphatic heterocycles. The minimum atomic E-state index is -0.375. The average Bonchev–Trinajstić information content (AvgIpc) is 3.12. The van der Waals surface area contributed by atoms with E-state index in [1.54, 1.807) is 10.9 Å². The fraction of sp³-hybridized carbons (Fsp3) is 0.238. The fourth-order valence-electron chi connectivity index (χ4n) is 3.54. The normalized spacial score (nSPS) is 13.4. The quantitative estimate of drug-likeness (QED) is 0.707. The van der Waals surface area contributed by atoms with Crippen molar-refractivity contribution < 1.29 is 13.9 Å². The van der Waals surface area contributed by atoms with Gasteiger partial charge in [-0.15, -0.1) is 0 Å². The molecule has 1 aromatic heterocycles. The lowest BCUT2D eigenvalue weighted by Crippen LogP contribution is -2.36. The summed E-state index contributed by atoms with van der Waals surface area (Å²) in [5.41, 5.74) is 3.05. The molecular formula is C21H20FN3O2. The molecular weight excluding hydrogens is 345 g/mol. The van der Waals surface area contributed by atoms with E-state index < -0.39 is 0 Å². The van der Waals surface area contributed by atoms with Gasteiger partial charge in [-0.2, -0.15) is 5.10 Å². The van der Waals surface area contributed by atoms with E-state index in [0.717, 1.165) is 29.7 Å². The molecule has 4 rings (SSSR count). The SMILES string of the molecule is COc1cn(-c2ccccc2)nc1C(=O)N1CCCc2cc(C)cc(F)c21. The van der Waals surface area contributed by atoms with Crippen molar-refractivity contribution >= 4 is 11.6 Å². The highest BCUT2D eigenvalue weighted by atomic mass is 19.1. The van der Waals surface area contributed by atoms with Crippen molar-refractivity contribution in [1.29, 1.82) is 0 Å². The highest BCUT2D eigenvalue weighted by Gasteiger charge is 2.30. The number of halogens is 1. The molecule has 0 unspecified atom stereocenters. The number of nitrogens with zero attached hydrogens (tertiary/aromatic N) is 3. The molecule has 2 aromatic carbocycles. The number of carbonyl (C=O) groups excluding carboxylic acids is 1. The third kappa shape index (κ3) is 3.07. The number of fused-ring (bicyclic) bond motifs is 1. The summed E-state index contributed by atoms with van der Waals surface area (Å²) in [6.07, 6.45) is 3.20. The molecule has 138 valence electrons. The third-order valence-corrected chi connectivity index (χ3v) is 4.75. The summed E-state index contributed by atoms with van der Waals surface area (Å²) in [5, 5.41) is 4.42. The molecule has 0 fully saturated rings. The van der Waals surface area contributed by atoms with Crippen molar-refractivity contribution in [1.82, 2.24) is 9.78 Å². The molecule has 0 N–H and O–H groups in total. The van der Waals surface area contributed by atoms with E-state index in [1.165, 1.54) is 18.1 Å². The second kappa shape index (κ2) is 6.87. The van der Waals surface area contributed by atoms with Crippen molar-refractivity contribution in [3.63, 3.8) is 0 Å². The summed E-state index contributed by atoms with van der Waals surface area (Å²) >= 11 is 0. The van der Waals surface area contributed by atoms with Crippen LogP contribution in [0.3, 0.4) is 0 Å². The number of benzene rings is 2. The molecule has 1 aliphatic rings. The smallest absolute Gasteiger partial charge is 0.282 e. The van der Waals surface area contributed by atoms with Crippen LogP contribution in [0.2, 0.25) is 0 Å². The van der Waals surface area contributed by atoms with Crippen LogP contribution in [0.5, 0.6) is 5.75 Å². The average molecular weight is 365 g/mol. The molecule has 0 aliphatic carbocycles. The Labute approximate surface area is 157 Å². The highest BCUT2D eigenvalue weighted by molar-refractivity contribution is 6.07. The highest BCUT2D eigenvalue weighted by Crippen LogP contribution is 2.33. The van der Waals surface area contributed by atoms with E-state index in [2.05, 4.69) is 5.10 Å². The predicted octanol–water partition coefficient (Wildman–Crippen LogP) is 3.92. The van der Waals surface area contributed by atoms with E-state index in [4.69, 9.17) is 4.74 Å². The van der Waals surface area contributed by atoms with Crippen LogP contribution < -0.4 is 9.64 Å². The lowest BCUT2D eigenvalue weighted by Gasteiger charge is -2.29. The van der Waals surface area contributed by atoms with Crippen LogP contribution in [-0.2, 0) is 6.42 Å². The van der Waals surface area contributed by atoms with Crippen molar-refractivity contribution in [3.05, 3.63) is 71.3 Å². The first kappa shape index (κ1) is 17.3. The number of hydrogen-bond donors (Lipinski definition) is 0. The number of aromatic nitrogens is 2. The Balaban J connectivity index is 1.76. The van der Waals surface area contributed by atoms with Crippen LogP contribution in [-0.4, -0.2) is 29.3 Å². The molecule has 1 amide bonds. The third-order valence-electron chi connectivity index (χ3n) is 4.75. The van der Waals surface area contributed by atoms with Gasteiger partial charge in [0, 0.05) is 6.54 Å². The monoisotopic (exact) mass is 365 g/mol. The van der Waals surface area contributed by atoms with Gasteiger partial charge in [0.1, 0.15) is 5.82 Å². The molecule has 5 nitrogen and oxygen atoms in total. The number of methoxy groups -OCH3 is 1. The van der Waals surface area contributed by atoms with Gasteiger partial charge in [-0.25, -0.2) is 9.07 Å². The molecule has 0 atom stereocenters. The Morgan fingerprint density at radius 1 is 1.22 bits per heavy atom. The van der Waals surface area contributed by atoms with Crippen LogP contribution in [0.4, 0.5) is 10.1 Å². The van der Waals surface area contributed by atoms with Crippen LogP contribution in [0, 0.1) is 12.7 Å². The van der Waals surface area contributed by atoms with Gasteiger partial charge in [0.25, 0.3) is 5.91 Å². The Morgan fingerprint density at radius 2 is 2.00 bits per heavy atom. The minimum Gasteiger partial charge on any atom is -0.493 e. The molecule has 2 heterocycles. The molecule has 0 spiro atoms. The summed E-state index contributed by atoms with van der Waals surface area (Å²) < 4.78 is 21.6. The zero-order valence-corrected chi connectivity index (χ0v) is 15.3. The maximum Gasteiger partial charge on any atom is 0.282 e. The zero-order valence-electron chi connectivity index (χ0n) is 15.3. The Morgan fingerprint density at radius 3 is 2.74 bits per heavy atom. The summed E-state index contributed by atoms with van der Waals surface area (Å²) in [6.45, 7) is 2.31. The Bertz CT molecular complexity index is 998. The van der Waals surface area contributed by atoms with Gasteiger partial charge in [0.2, 0.25) is 0 Å². The number of carbonyl (C=O) groups is 1. The summed E-state index contributed by atoms with van der Waals surface area (Å²) in [4.78, 5) is 14.7. The molecule has 0 saturated heterocycles. The van der Waals surface area contributed by atoms with Crippen LogP contribution in [0.1, 0.15) is 28.0 Å². The van der Waals surface area contributed by atoms with Gasteiger partial charge >= 0.3 is 0 Å². The first-order valence-corrected chi connectivity index (χ1v) is 8.88. The second-order valence-corrected chi connectivity index (χ2v) is 6.64. The van der Waals surface area contributed by atoms with Crippen molar-refractivity contribution in [2.75, 3.05) is 18.6 Å². The van der Waals surface area contributed by atoms with E-state index in [1.807, 2.05) is 43.3 Å². The standard InChI is InChI=1S/C21H20FN3O2/c1-14-11-15-7-6-10-24(20(15)17(22)12-14)21(26)19-18(27-2)13-25(23-19)16-8-4-3-5-9-16/h3-5,8-9,11-13H,6-7,10H2,1-2H3. The lowest BCUT2D eigenvalue weighted by molar-refractivity contribution is 0.0976. The first-order chi connectivity index (χ1) is 13.1. The van der Waals surface area contributed by atoms with Gasteiger partial charge in [-0.1, -0.05) is 24.3 Å². The van der Waals surface area contributed by atoms with Crippen molar-refractivity contribution in [2.24, 2.45) is 0 Å². The molecule has 0 radical (unpaired) electrons. The van der Waals surface area contributed by atoms with Crippen LogP contribution in [0.15, 0.2) is 48.7 Å². The van der Waals surface area contributed by atoms with E-state index >= 15 is 0 Å². The number of amides is 1. The fourth-order valence-corrected chi connectivity index (χ4v) is 3.54. The van der Waals surface area contributed by atoms with Gasteiger partial charge < -0.3 is 9.64 Å². The Hall–Kier alpha value is -3.15. The predicted molar refractivity (Wildman–Crippen MR) is 101 cm³/mol. The molecule has 0 bridgehead atoms. The summed E-state index contributed by atoms with van der Waals surface area (Å²) in [7, 11) is 1.50. The van der Waals surface area contributed by atoms with E-state index in [9.17, 15) is 9.18 Å². The van der Waals surface area contributed by atoms with Crippen LogP contribution >= 0.6 is 0 Å². The summed E-state index contributed by atoms with van der Waals surface area (Å²) in [5.74, 6) is -0.367. The van der Waals surface area contributed by atoms with Crippen molar-refractivity contribution in [3.8, 4) is 11.4 Å². The minimum absolute atomic E-state index is 0.175. The zero-order chi connectivity index (χ0) is 19.0. The molecule has 0 saturated carbocycles. The molecule has 6 heteroatoms. The first-order valence-electron chi connectivity index (χ1n) is 8.88. The number of anilines is 1. The maximum atomic E-state index is 14.7. The van der Waals surface area contributed by atoms with E-state index in [-0.39, 0.29) is 17.4 Å². The van der Waals surface area contributed by atoms with Gasteiger partial charge in [-0.05, 0) is 49.1 Å². The number of aryl methyl sites for hydroxylation is 2. The van der Waals surface area contributed by atoms with Gasteiger partial charge in [-0.3, -0.25) is 4.79 Å². The molecule has 27 heavy (non-hydrogen) atoms. The number of ether oxygens (including phenoxy) is 1. The van der Waals surface area contributed by atoms with Crippen LogP contribution in [0.25, 0.3) is 5.69 Å². The van der Waals surface area contributed by atoms with Crippen molar-refractivity contribution in [2.45, 2.75) is 19.8 Å². The number of hydrogen-bond acceptors (Lipinski definition) is 3. The largest absolute Gasteiger partial charge is 0.493 e. The Kier molecular flexibility index (Phi) is 4.39. The van der Waals surface area contributed by atoms with Gasteiger partial charge in [0.05, 0.1) is 24.7 Å². The van der Waals surface area contributed by atoms with Gasteiger partial charge in [0.15, 0.2) is 11.4 Å². The number of para-hydroxylation sites is 1.